The van der Waals surface area contributed by atoms with Gasteiger partial charge in [-0.2, -0.15) is 0 Å². The number of amides is 1. The normalized spacial score (nSPS) is 10.2. The average molecular weight is 306 g/mol. The summed E-state index contributed by atoms with van der Waals surface area (Å²) in [7, 11) is 0. The summed E-state index contributed by atoms with van der Waals surface area (Å²) >= 11 is 11.4. The van der Waals surface area contributed by atoms with Crippen molar-refractivity contribution in [2.75, 3.05) is 5.32 Å². The first-order valence-corrected chi connectivity index (χ1v) is 6.35. The van der Waals surface area contributed by atoms with Crippen molar-refractivity contribution in [2.24, 2.45) is 0 Å². The number of aromatic hydroxyl groups is 1. The molecule has 0 aliphatic carbocycles. The van der Waals surface area contributed by atoms with Crippen LogP contribution in [0.1, 0.15) is 25.7 Å². The number of benzene rings is 1. The lowest BCUT2D eigenvalue weighted by atomic mass is 10.2. The van der Waals surface area contributed by atoms with Crippen LogP contribution in [-0.2, 0) is 9.59 Å². The van der Waals surface area contributed by atoms with Crippen molar-refractivity contribution in [3.05, 3.63) is 22.2 Å². The molecule has 0 saturated carbocycles. The molecular formula is C12H13Cl2NO4. The Morgan fingerprint density at radius 2 is 1.63 bits per heavy atom. The summed E-state index contributed by atoms with van der Waals surface area (Å²) in [6, 6.07) is 2.77. The molecule has 0 unspecified atom stereocenters. The van der Waals surface area contributed by atoms with Gasteiger partial charge in [0.25, 0.3) is 0 Å². The van der Waals surface area contributed by atoms with Crippen LogP contribution in [0.4, 0.5) is 5.69 Å². The van der Waals surface area contributed by atoms with E-state index in [-0.39, 0.29) is 34.5 Å². The Morgan fingerprint density at radius 1 is 1.11 bits per heavy atom. The Hall–Kier alpha value is -1.46. The number of hydrogen-bond acceptors (Lipinski definition) is 3. The van der Waals surface area contributed by atoms with E-state index in [1.807, 2.05) is 0 Å². The molecule has 0 aromatic heterocycles. The SMILES string of the molecule is O=C(O)CCCCC(=O)Nc1cc(Cl)c(O)c(Cl)c1. The smallest absolute Gasteiger partial charge is 0.303 e. The Balaban J connectivity index is 2.46. The molecule has 1 amide bonds. The van der Waals surface area contributed by atoms with E-state index in [1.54, 1.807) is 0 Å². The van der Waals surface area contributed by atoms with Crippen LogP contribution in [0.3, 0.4) is 0 Å². The highest BCUT2D eigenvalue weighted by Crippen LogP contribution is 2.34. The van der Waals surface area contributed by atoms with Crippen molar-refractivity contribution >= 4 is 40.8 Å². The number of halogens is 2. The van der Waals surface area contributed by atoms with E-state index in [4.69, 9.17) is 28.3 Å². The minimum Gasteiger partial charge on any atom is -0.505 e. The first kappa shape index (κ1) is 15.6. The van der Waals surface area contributed by atoms with Crippen molar-refractivity contribution in [2.45, 2.75) is 25.7 Å². The number of carboxylic acids is 1. The predicted octanol–water partition coefficient (Wildman–Crippen LogP) is 3.28. The van der Waals surface area contributed by atoms with E-state index < -0.39 is 5.97 Å². The summed E-state index contributed by atoms with van der Waals surface area (Å²) in [5.74, 6) is -1.37. The van der Waals surface area contributed by atoms with Crippen molar-refractivity contribution < 1.29 is 19.8 Å². The largest absolute Gasteiger partial charge is 0.505 e. The van der Waals surface area contributed by atoms with Gasteiger partial charge in [-0.15, -0.1) is 0 Å². The fourth-order valence-corrected chi connectivity index (χ4v) is 1.91. The van der Waals surface area contributed by atoms with Crippen molar-refractivity contribution in [1.82, 2.24) is 0 Å². The van der Waals surface area contributed by atoms with E-state index in [2.05, 4.69) is 5.32 Å². The van der Waals surface area contributed by atoms with E-state index in [0.29, 0.717) is 18.5 Å². The van der Waals surface area contributed by atoms with Gasteiger partial charge in [-0.1, -0.05) is 23.2 Å². The van der Waals surface area contributed by atoms with Gasteiger partial charge in [0.1, 0.15) is 0 Å². The monoisotopic (exact) mass is 305 g/mol. The van der Waals surface area contributed by atoms with Gasteiger partial charge in [0.15, 0.2) is 5.75 Å². The molecule has 0 saturated heterocycles. The van der Waals surface area contributed by atoms with Crippen LogP contribution < -0.4 is 5.32 Å². The molecule has 5 nitrogen and oxygen atoms in total. The summed E-state index contributed by atoms with van der Waals surface area (Å²) < 4.78 is 0. The first-order valence-electron chi connectivity index (χ1n) is 5.60. The molecule has 1 aromatic carbocycles. The van der Waals surface area contributed by atoms with Crippen molar-refractivity contribution in [1.29, 1.82) is 0 Å². The zero-order chi connectivity index (χ0) is 14.4. The van der Waals surface area contributed by atoms with Crippen LogP contribution in [0, 0.1) is 0 Å². The lowest BCUT2D eigenvalue weighted by molar-refractivity contribution is -0.137. The molecule has 0 radical (unpaired) electrons. The highest BCUT2D eigenvalue weighted by molar-refractivity contribution is 6.37. The number of aliphatic carboxylic acids is 1. The summed E-state index contributed by atoms with van der Waals surface area (Å²) in [4.78, 5) is 21.8. The Labute approximate surface area is 120 Å². The summed E-state index contributed by atoms with van der Waals surface area (Å²) in [6.45, 7) is 0. The summed E-state index contributed by atoms with van der Waals surface area (Å²) in [5, 5.41) is 20.5. The van der Waals surface area contributed by atoms with E-state index in [9.17, 15) is 14.7 Å². The van der Waals surface area contributed by atoms with Crippen LogP contribution in [0.2, 0.25) is 10.0 Å². The number of carbonyl (C=O) groups excluding carboxylic acids is 1. The second-order valence-corrected chi connectivity index (χ2v) is 4.75. The maximum Gasteiger partial charge on any atom is 0.303 e. The molecule has 3 N–H and O–H groups in total. The Bertz CT molecular complexity index is 468. The van der Waals surface area contributed by atoms with Crippen LogP contribution >= 0.6 is 23.2 Å². The lowest BCUT2D eigenvalue weighted by Gasteiger charge is -2.07. The second kappa shape index (κ2) is 7.21. The zero-order valence-corrected chi connectivity index (χ0v) is 11.5. The number of carboxylic acid groups (broad SMARTS) is 1. The number of hydrogen-bond donors (Lipinski definition) is 3. The molecule has 1 aromatic rings. The molecular weight excluding hydrogens is 293 g/mol. The van der Waals surface area contributed by atoms with Gasteiger partial charge in [-0.25, -0.2) is 0 Å². The molecule has 0 fully saturated rings. The van der Waals surface area contributed by atoms with Crippen LogP contribution in [0.25, 0.3) is 0 Å². The van der Waals surface area contributed by atoms with Gasteiger partial charge in [-0.3, -0.25) is 9.59 Å². The molecule has 0 spiro atoms. The summed E-state index contributed by atoms with van der Waals surface area (Å²) in [5.41, 5.74) is 0.385. The standard InChI is InChI=1S/C12H13Cl2NO4/c13-8-5-7(6-9(14)12(8)19)15-10(16)3-1-2-4-11(17)18/h5-6,19H,1-4H2,(H,15,16)(H,17,18). The highest BCUT2D eigenvalue weighted by atomic mass is 35.5. The number of unbranched alkanes of at least 4 members (excludes halogenated alkanes) is 1. The summed E-state index contributed by atoms with van der Waals surface area (Å²) in [6.07, 6.45) is 1.19. The fourth-order valence-electron chi connectivity index (χ4n) is 1.42. The van der Waals surface area contributed by atoms with Crippen LogP contribution in [0.5, 0.6) is 5.75 Å². The minimum absolute atomic E-state index is 0.0458. The molecule has 0 heterocycles. The quantitative estimate of drug-likeness (QED) is 0.556. The van der Waals surface area contributed by atoms with Crippen molar-refractivity contribution in [3.63, 3.8) is 0 Å². The molecule has 0 aliphatic rings. The molecule has 7 heteroatoms. The van der Waals surface area contributed by atoms with Gasteiger partial charge in [0, 0.05) is 18.5 Å². The predicted molar refractivity (Wildman–Crippen MR) is 72.9 cm³/mol. The second-order valence-electron chi connectivity index (χ2n) is 3.94. The first-order chi connectivity index (χ1) is 8.90. The van der Waals surface area contributed by atoms with E-state index in [1.165, 1.54) is 12.1 Å². The van der Waals surface area contributed by atoms with Gasteiger partial charge in [-0.05, 0) is 25.0 Å². The number of nitrogens with one attached hydrogen (secondary N) is 1. The number of phenolic OH excluding ortho intramolecular Hbond substituents is 1. The Morgan fingerprint density at radius 3 is 2.16 bits per heavy atom. The molecule has 0 atom stereocenters. The number of carbonyl (C=O) groups is 2. The molecule has 19 heavy (non-hydrogen) atoms. The highest BCUT2D eigenvalue weighted by Gasteiger charge is 2.09. The van der Waals surface area contributed by atoms with Crippen LogP contribution in [-0.4, -0.2) is 22.1 Å². The maximum absolute atomic E-state index is 11.6. The maximum atomic E-state index is 11.6. The third-order valence-corrected chi connectivity index (χ3v) is 2.92. The fraction of sp³-hybridized carbons (Fsp3) is 0.333. The lowest BCUT2D eigenvalue weighted by Crippen LogP contribution is -2.11. The zero-order valence-electron chi connectivity index (χ0n) is 9.95. The third kappa shape index (κ3) is 5.36. The number of anilines is 1. The number of phenols is 1. The topological polar surface area (TPSA) is 86.6 Å². The number of rotatable bonds is 6. The third-order valence-electron chi connectivity index (χ3n) is 2.35. The molecule has 0 bridgehead atoms. The average Bonchev–Trinajstić information content (AvgIpc) is 2.31. The molecule has 0 aliphatic heterocycles. The molecule has 1 rings (SSSR count). The van der Waals surface area contributed by atoms with Crippen LogP contribution in [0.15, 0.2) is 12.1 Å². The van der Waals surface area contributed by atoms with Gasteiger partial charge >= 0.3 is 5.97 Å². The minimum atomic E-state index is -0.877. The van der Waals surface area contributed by atoms with E-state index >= 15 is 0 Å². The van der Waals surface area contributed by atoms with Gasteiger partial charge in [0.2, 0.25) is 5.91 Å². The molecule has 104 valence electrons. The van der Waals surface area contributed by atoms with Gasteiger partial charge in [0.05, 0.1) is 10.0 Å². The van der Waals surface area contributed by atoms with E-state index in [0.717, 1.165) is 0 Å². The van der Waals surface area contributed by atoms with Crippen molar-refractivity contribution in [3.8, 4) is 5.75 Å². The van der Waals surface area contributed by atoms with Gasteiger partial charge < -0.3 is 15.5 Å². The Kier molecular flexibility index (Phi) is 5.92.